The molecule has 4 atom stereocenters. The summed E-state index contributed by atoms with van der Waals surface area (Å²) in [4.78, 5) is 44.4. The van der Waals surface area contributed by atoms with Crippen LogP contribution in [0, 0.1) is 17.7 Å². The number of fused-ring (bicyclic) bond motifs is 5. The first-order chi connectivity index (χ1) is 16.8. The van der Waals surface area contributed by atoms with Crippen molar-refractivity contribution in [3.8, 4) is 0 Å². The summed E-state index contributed by atoms with van der Waals surface area (Å²) in [5, 5.41) is 0.496. The minimum absolute atomic E-state index is 0.252. The molecule has 6 rings (SSSR count). The van der Waals surface area contributed by atoms with E-state index in [1.54, 1.807) is 36.4 Å². The molecular formula is C27H17BrClFN2O3. The lowest BCUT2D eigenvalue weighted by molar-refractivity contribution is -0.122. The zero-order valence-electron chi connectivity index (χ0n) is 18.1. The number of hydrogen-bond donors (Lipinski definition) is 0. The summed E-state index contributed by atoms with van der Waals surface area (Å²) in [7, 11) is 0. The Hall–Kier alpha value is -3.29. The van der Waals surface area contributed by atoms with E-state index in [-0.39, 0.29) is 5.78 Å². The number of amides is 2. The SMILES string of the molecule is O=C(c1ccc(Br)cc1)[C@H]1[C@@H]2C(=O)N(c3ccc(F)cc3)C(=O)[C@@H]2[C@H]2C=Cc3ccc(Cl)cc3N21. The maximum Gasteiger partial charge on any atom is 0.240 e. The van der Waals surface area contributed by atoms with Crippen molar-refractivity contribution in [1.29, 1.82) is 0 Å². The summed E-state index contributed by atoms with van der Waals surface area (Å²) < 4.78 is 14.3. The van der Waals surface area contributed by atoms with E-state index in [2.05, 4.69) is 15.9 Å². The highest BCUT2D eigenvalue weighted by atomic mass is 79.9. The second kappa shape index (κ2) is 8.14. The van der Waals surface area contributed by atoms with Gasteiger partial charge in [0.2, 0.25) is 11.8 Å². The largest absolute Gasteiger partial charge is 0.352 e. The fraction of sp³-hybridized carbons (Fsp3) is 0.148. The van der Waals surface area contributed by atoms with Gasteiger partial charge in [-0.25, -0.2) is 9.29 Å². The van der Waals surface area contributed by atoms with Crippen LogP contribution in [-0.4, -0.2) is 29.7 Å². The van der Waals surface area contributed by atoms with Gasteiger partial charge in [-0.05, 0) is 54.1 Å². The summed E-state index contributed by atoms with van der Waals surface area (Å²) in [5.74, 6) is -3.25. The van der Waals surface area contributed by atoms with Crippen molar-refractivity contribution in [3.63, 3.8) is 0 Å². The summed E-state index contributed by atoms with van der Waals surface area (Å²) in [6, 6.07) is 16.1. The Balaban J connectivity index is 1.50. The van der Waals surface area contributed by atoms with Gasteiger partial charge >= 0.3 is 0 Å². The van der Waals surface area contributed by atoms with Gasteiger partial charge < -0.3 is 4.90 Å². The molecule has 35 heavy (non-hydrogen) atoms. The van der Waals surface area contributed by atoms with E-state index in [1.807, 2.05) is 23.1 Å². The van der Waals surface area contributed by atoms with Gasteiger partial charge in [0.1, 0.15) is 11.9 Å². The van der Waals surface area contributed by atoms with Crippen molar-refractivity contribution >= 4 is 62.6 Å². The average Bonchev–Trinajstić information content (AvgIpc) is 3.33. The number of nitrogens with zero attached hydrogens (tertiary/aromatic N) is 2. The topological polar surface area (TPSA) is 57.7 Å². The second-order valence-electron chi connectivity index (χ2n) is 8.82. The number of Topliss-reactive ketones (excluding diaryl/α,β-unsaturated/α-hetero) is 1. The van der Waals surface area contributed by atoms with Crippen molar-refractivity contribution in [2.75, 3.05) is 9.80 Å². The molecule has 2 amide bonds. The molecule has 2 saturated heterocycles. The number of ketones is 1. The number of carbonyl (C=O) groups excluding carboxylic acids is 3. The van der Waals surface area contributed by atoms with Crippen LogP contribution < -0.4 is 9.80 Å². The van der Waals surface area contributed by atoms with E-state index >= 15 is 0 Å². The third kappa shape index (κ3) is 3.37. The Labute approximate surface area is 213 Å². The van der Waals surface area contributed by atoms with E-state index in [4.69, 9.17) is 11.6 Å². The van der Waals surface area contributed by atoms with E-state index < -0.39 is 41.6 Å². The van der Waals surface area contributed by atoms with Gasteiger partial charge in [-0.3, -0.25) is 14.4 Å². The lowest BCUT2D eigenvalue weighted by Crippen LogP contribution is -2.48. The molecule has 8 heteroatoms. The molecule has 3 aliphatic heterocycles. The Morgan fingerprint density at radius 3 is 2.31 bits per heavy atom. The van der Waals surface area contributed by atoms with E-state index in [0.29, 0.717) is 22.0 Å². The summed E-state index contributed by atoms with van der Waals surface area (Å²) >= 11 is 9.70. The van der Waals surface area contributed by atoms with Crippen LogP contribution >= 0.6 is 27.5 Å². The molecule has 0 saturated carbocycles. The van der Waals surface area contributed by atoms with Crippen LogP contribution in [0.2, 0.25) is 5.02 Å². The standard InChI is InChI=1S/C27H17BrClFN2O3/c28-16-5-1-15(2-6-16)25(33)24-23-22(20-12-4-14-3-7-17(29)13-21(14)32(20)24)26(34)31(27(23)35)19-10-8-18(30)9-11-19/h1-13,20,22-24H/t20-,22-,23-,24-/m1/s1. The molecule has 0 aromatic heterocycles. The molecule has 3 heterocycles. The summed E-state index contributed by atoms with van der Waals surface area (Å²) in [6.07, 6.45) is 3.77. The van der Waals surface area contributed by atoms with Crippen molar-refractivity contribution in [1.82, 2.24) is 0 Å². The fourth-order valence-electron chi connectivity index (χ4n) is 5.46. The second-order valence-corrected chi connectivity index (χ2v) is 10.2. The monoisotopic (exact) mass is 550 g/mol. The van der Waals surface area contributed by atoms with E-state index in [1.165, 1.54) is 24.3 Å². The van der Waals surface area contributed by atoms with Crippen molar-refractivity contribution < 1.29 is 18.8 Å². The molecule has 0 unspecified atom stereocenters. The van der Waals surface area contributed by atoms with Crippen molar-refractivity contribution in [3.05, 3.63) is 99.2 Å². The van der Waals surface area contributed by atoms with Gasteiger partial charge in [0, 0.05) is 20.7 Å². The number of halogens is 3. The van der Waals surface area contributed by atoms with Crippen molar-refractivity contribution in [2.24, 2.45) is 11.8 Å². The zero-order valence-corrected chi connectivity index (χ0v) is 20.4. The fourth-order valence-corrected chi connectivity index (χ4v) is 5.89. The minimum atomic E-state index is -0.907. The normalized spacial score (nSPS) is 24.4. The number of rotatable bonds is 3. The molecule has 0 aliphatic carbocycles. The maximum absolute atomic E-state index is 13.9. The Morgan fingerprint density at radius 2 is 1.60 bits per heavy atom. The Kier molecular flexibility index (Phi) is 5.16. The summed E-state index contributed by atoms with van der Waals surface area (Å²) in [5.41, 5.74) is 2.30. The van der Waals surface area contributed by atoms with Gasteiger partial charge in [0.15, 0.2) is 5.78 Å². The van der Waals surface area contributed by atoms with Crippen LogP contribution in [0.1, 0.15) is 15.9 Å². The molecule has 3 aromatic rings. The highest BCUT2D eigenvalue weighted by Gasteiger charge is 2.64. The van der Waals surface area contributed by atoms with Gasteiger partial charge in [-0.2, -0.15) is 0 Å². The maximum atomic E-state index is 13.9. The molecule has 2 fully saturated rings. The van der Waals surface area contributed by atoms with Gasteiger partial charge in [0.25, 0.3) is 0 Å². The van der Waals surface area contributed by atoms with Gasteiger partial charge in [-0.15, -0.1) is 0 Å². The zero-order chi connectivity index (χ0) is 24.4. The molecule has 3 aliphatic rings. The molecule has 0 bridgehead atoms. The van der Waals surface area contributed by atoms with Gasteiger partial charge in [0.05, 0.1) is 23.6 Å². The van der Waals surface area contributed by atoms with Crippen LogP contribution in [0.15, 0.2) is 77.3 Å². The number of anilines is 2. The molecule has 3 aromatic carbocycles. The van der Waals surface area contributed by atoms with Crippen LogP contribution in [0.25, 0.3) is 6.08 Å². The van der Waals surface area contributed by atoms with E-state index in [0.717, 1.165) is 14.9 Å². The smallest absolute Gasteiger partial charge is 0.240 e. The van der Waals surface area contributed by atoms with Crippen LogP contribution in [0.5, 0.6) is 0 Å². The third-order valence-corrected chi connectivity index (χ3v) is 7.72. The predicted octanol–water partition coefficient (Wildman–Crippen LogP) is 5.51. The number of hydrogen-bond acceptors (Lipinski definition) is 4. The number of benzene rings is 3. The molecular weight excluding hydrogens is 535 g/mol. The van der Waals surface area contributed by atoms with E-state index in [9.17, 15) is 18.8 Å². The third-order valence-electron chi connectivity index (χ3n) is 6.95. The molecule has 0 N–H and O–H groups in total. The molecule has 0 spiro atoms. The van der Waals surface area contributed by atoms with Crippen LogP contribution in [0.4, 0.5) is 15.8 Å². The number of carbonyl (C=O) groups is 3. The molecule has 174 valence electrons. The first kappa shape index (κ1) is 22.2. The highest BCUT2D eigenvalue weighted by molar-refractivity contribution is 9.10. The quantitative estimate of drug-likeness (QED) is 0.318. The molecule has 0 radical (unpaired) electrons. The van der Waals surface area contributed by atoms with Crippen molar-refractivity contribution in [2.45, 2.75) is 12.1 Å². The summed E-state index contributed by atoms with van der Waals surface area (Å²) in [6.45, 7) is 0. The minimum Gasteiger partial charge on any atom is -0.352 e. The Bertz CT molecular complexity index is 1420. The lowest BCUT2D eigenvalue weighted by Gasteiger charge is -2.36. The first-order valence-corrected chi connectivity index (χ1v) is 12.2. The average molecular weight is 552 g/mol. The van der Waals surface area contributed by atoms with Crippen LogP contribution in [0.3, 0.4) is 0 Å². The highest BCUT2D eigenvalue weighted by Crippen LogP contribution is 2.50. The number of imide groups is 1. The van der Waals surface area contributed by atoms with Gasteiger partial charge in [-0.1, -0.05) is 57.9 Å². The van der Waals surface area contributed by atoms with Crippen LogP contribution in [-0.2, 0) is 9.59 Å². The lowest BCUT2D eigenvalue weighted by atomic mass is 9.86. The molecule has 5 nitrogen and oxygen atoms in total. The predicted molar refractivity (Wildman–Crippen MR) is 135 cm³/mol. The Morgan fingerprint density at radius 1 is 0.914 bits per heavy atom. The first-order valence-electron chi connectivity index (χ1n) is 11.0.